The smallest absolute Gasteiger partial charge is 0.133 e. The van der Waals surface area contributed by atoms with Crippen molar-refractivity contribution in [3.05, 3.63) is 41.1 Å². The van der Waals surface area contributed by atoms with Crippen LogP contribution in [0.25, 0.3) is 5.69 Å². The molecule has 0 aliphatic carbocycles. The van der Waals surface area contributed by atoms with Gasteiger partial charge in [-0.2, -0.15) is 16.9 Å². The first kappa shape index (κ1) is 11.7. The van der Waals surface area contributed by atoms with Gasteiger partial charge in [-0.1, -0.05) is 12.1 Å². The van der Waals surface area contributed by atoms with Gasteiger partial charge in [-0.05, 0) is 37.3 Å². The number of nitrogens with one attached hydrogen (secondary N) is 1. The van der Waals surface area contributed by atoms with Crippen LogP contribution in [0, 0.1) is 6.92 Å². The third kappa shape index (κ3) is 1.90. The molecule has 0 spiro atoms. The molecule has 0 radical (unpaired) electrons. The Morgan fingerprint density at radius 2 is 2.33 bits per heavy atom. The molecular formula is C14H17N3S. The van der Waals surface area contributed by atoms with Crippen LogP contribution in [0.3, 0.4) is 0 Å². The van der Waals surface area contributed by atoms with Crippen molar-refractivity contribution in [2.75, 3.05) is 18.1 Å². The Labute approximate surface area is 112 Å². The van der Waals surface area contributed by atoms with Crippen LogP contribution in [0.1, 0.15) is 16.8 Å². The van der Waals surface area contributed by atoms with E-state index in [0.29, 0.717) is 0 Å². The van der Waals surface area contributed by atoms with E-state index in [0.717, 1.165) is 24.4 Å². The molecule has 0 atom stereocenters. The summed E-state index contributed by atoms with van der Waals surface area (Å²) in [6.45, 7) is 3.14. The Bertz CT molecular complexity index is 574. The number of anilines is 1. The maximum absolute atomic E-state index is 4.77. The topological polar surface area (TPSA) is 29.9 Å². The molecule has 3 nitrogen and oxygen atoms in total. The number of hydrogen-bond donors (Lipinski definition) is 1. The zero-order valence-corrected chi connectivity index (χ0v) is 11.5. The number of fused-ring (bicyclic) bond motifs is 1. The Hall–Kier alpha value is -1.42. The highest BCUT2D eigenvalue weighted by Crippen LogP contribution is 2.30. The number of aromatic nitrogens is 2. The van der Waals surface area contributed by atoms with Crippen molar-refractivity contribution >= 4 is 17.6 Å². The van der Waals surface area contributed by atoms with E-state index in [-0.39, 0.29) is 0 Å². The quantitative estimate of drug-likeness (QED) is 0.919. The largest absolute Gasteiger partial charge is 0.369 e. The minimum absolute atomic E-state index is 0.989. The van der Waals surface area contributed by atoms with Gasteiger partial charge in [0.2, 0.25) is 0 Å². The molecule has 0 saturated carbocycles. The molecule has 0 amide bonds. The number of aryl methyl sites for hydroxylation is 1. The van der Waals surface area contributed by atoms with Crippen LogP contribution in [0.4, 0.5) is 5.82 Å². The summed E-state index contributed by atoms with van der Waals surface area (Å²) in [5, 5.41) is 8.22. The minimum atomic E-state index is 0.989. The fraction of sp³-hybridized carbons (Fsp3) is 0.357. The summed E-state index contributed by atoms with van der Waals surface area (Å²) in [7, 11) is 0. The molecule has 2 aromatic rings. The molecule has 3 rings (SSSR count). The highest BCUT2D eigenvalue weighted by atomic mass is 32.2. The zero-order valence-electron chi connectivity index (χ0n) is 10.7. The van der Waals surface area contributed by atoms with Gasteiger partial charge < -0.3 is 5.32 Å². The van der Waals surface area contributed by atoms with Crippen molar-refractivity contribution in [2.45, 2.75) is 19.1 Å². The van der Waals surface area contributed by atoms with Crippen molar-refractivity contribution in [3.63, 3.8) is 0 Å². The number of rotatable bonds is 3. The van der Waals surface area contributed by atoms with E-state index in [1.807, 2.05) is 11.8 Å². The normalized spacial score (nSPS) is 13.4. The van der Waals surface area contributed by atoms with Gasteiger partial charge >= 0.3 is 0 Å². The summed E-state index contributed by atoms with van der Waals surface area (Å²) in [5.41, 5.74) is 5.03. The lowest BCUT2D eigenvalue weighted by Crippen LogP contribution is -2.04. The van der Waals surface area contributed by atoms with Gasteiger partial charge in [-0.3, -0.25) is 0 Å². The molecule has 0 saturated heterocycles. The average Bonchev–Trinajstić information content (AvgIpc) is 2.93. The van der Waals surface area contributed by atoms with Crippen LogP contribution in [0.15, 0.2) is 24.3 Å². The van der Waals surface area contributed by atoms with Crippen molar-refractivity contribution in [1.82, 2.24) is 9.78 Å². The Morgan fingerprint density at radius 1 is 1.44 bits per heavy atom. The Kier molecular flexibility index (Phi) is 3.04. The molecule has 0 fully saturated rings. The van der Waals surface area contributed by atoms with Crippen molar-refractivity contribution < 1.29 is 0 Å². The van der Waals surface area contributed by atoms with E-state index >= 15 is 0 Å². The number of thioether (sulfide) groups is 1. The second-order valence-corrected chi connectivity index (χ2v) is 5.50. The molecule has 18 heavy (non-hydrogen) atoms. The summed E-state index contributed by atoms with van der Waals surface area (Å²) in [6.07, 6.45) is 3.22. The lowest BCUT2D eigenvalue weighted by Gasteiger charge is -2.07. The molecule has 94 valence electrons. The number of nitrogens with zero attached hydrogens (tertiary/aromatic N) is 2. The zero-order chi connectivity index (χ0) is 12.5. The van der Waals surface area contributed by atoms with E-state index < -0.39 is 0 Å². The fourth-order valence-corrected chi connectivity index (χ4v) is 2.95. The SMILES string of the molecule is CSCc1nn(-c2cccc(C)c2)c2c1CCN2. The molecule has 4 heteroatoms. The van der Waals surface area contributed by atoms with Crippen LogP contribution < -0.4 is 5.32 Å². The standard InChI is InChI=1S/C14H17N3S/c1-10-4-3-5-11(8-10)17-14-12(6-7-15-14)13(16-17)9-18-2/h3-5,8,15H,6-7,9H2,1-2H3. The van der Waals surface area contributed by atoms with Crippen LogP contribution in [0.2, 0.25) is 0 Å². The summed E-state index contributed by atoms with van der Waals surface area (Å²) >= 11 is 1.83. The van der Waals surface area contributed by atoms with Gasteiger partial charge in [0.25, 0.3) is 0 Å². The summed E-state index contributed by atoms with van der Waals surface area (Å²) in [6, 6.07) is 8.49. The highest BCUT2D eigenvalue weighted by Gasteiger charge is 2.22. The van der Waals surface area contributed by atoms with Crippen molar-refractivity contribution in [1.29, 1.82) is 0 Å². The highest BCUT2D eigenvalue weighted by molar-refractivity contribution is 7.97. The van der Waals surface area contributed by atoms with Gasteiger partial charge in [0.1, 0.15) is 5.82 Å². The molecular weight excluding hydrogens is 242 g/mol. The van der Waals surface area contributed by atoms with Crippen LogP contribution in [-0.2, 0) is 12.2 Å². The second-order valence-electron chi connectivity index (χ2n) is 4.63. The molecule has 1 N–H and O–H groups in total. The fourth-order valence-electron chi connectivity index (χ4n) is 2.44. The van der Waals surface area contributed by atoms with Gasteiger partial charge in [-0.15, -0.1) is 0 Å². The average molecular weight is 259 g/mol. The lowest BCUT2D eigenvalue weighted by molar-refractivity contribution is 0.852. The number of hydrogen-bond acceptors (Lipinski definition) is 3. The first-order valence-corrected chi connectivity index (χ1v) is 7.59. The third-order valence-electron chi connectivity index (χ3n) is 3.26. The third-order valence-corrected chi connectivity index (χ3v) is 3.82. The summed E-state index contributed by atoms with van der Waals surface area (Å²) in [4.78, 5) is 0. The second kappa shape index (κ2) is 4.69. The van der Waals surface area contributed by atoms with Crippen LogP contribution >= 0.6 is 11.8 Å². The van der Waals surface area contributed by atoms with E-state index in [1.165, 1.54) is 22.6 Å². The summed E-state index contributed by atoms with van der Waals surface area (Å²) in [5.74, 6) is 2.17. The molecule has 0 unspecified atom stereocenters. The minimum Gasteiger partial charge on any atom is -0.369 e. The van der Waals surface area contributed by atoms with Gasteiger partial charge in [0.15, 0.2) is 0 Å². The molecule has 1 aromatic carbocycles. The van der Waals surface area contributed by atoms with Gasteiger partial charge in [-0.25, -0.2) is 4.68 Å². The van der Waals surface area contributed by atoms with E-state index in [1.54, 1.807) is 0 Å². The Morgan fingerprint density at radius 3 is 3.11 bits per heavy atom. The predicted molar refractivity (Wildman–Crippen MR) is 77.7 cm³/mol. The van der Waals surface area contributed by atoms with Gasteiger partial charge in [0, 0.05) is 17.9 Å². The molecule has 0 bridgehead atoms. The molecule has 1 aromatic heterocycles. The maximum Gasteiger partial charge on any atom is 0.133 e. The van der Waals surface area contributed by atoms with Crippen molar-refractivity contribution in [3.8, 4) is 5.69 Å². The molecule has 2 heterocycles. The number of benzene rings is 1. The Balaban J connectivity index is 2.10. The van der Waals surface area contributed by atoms with E-state index in [4.69, 9.17) is 5.10 Å². The van der Waals surface area contributed by atoms with Crippen LogP contribution in [-0.4, -0.2) is 22.6 Å². The summed E-state index contributed by atoms with van der Waals surface area (Å²) < 4.78 is 2.06. The van der Waals surface area contributed by atoms with Gasteiger partial charge in [0.05, 0.1) is 11.4 Å². The first-order valence-electron chi connectivity index (χ1n) is 6.20. The van der Waals surface area contributed by atoms with Crippen molar-refractivity contribution in [2.24, 2.45) is 0 Å². The first-order chi connectivity index (χ1) is 8.79. The van der Waals surface area contributed by atoms with E-state index in [2.05, 4.69) is 47.4 Å². The maximum atomic E-state index is 4.77. The van der Waals surface area contributed by atoms with E-state index in [9.17, 15) is 0 Å². The van der Waals surface area contributed by atoms with Crippen LogP contribution in [0.5, 0.6) is 0 Å². The molecule has 1 aliphatic heterocycles. The predicted octanol–water partition coefficient (Wildman–Crippen LogP) is 3.01. The lowest BCUT2D eigenvalue weighted by atomic mass is 10.2. The molecule has 1 aliphatic rings. The monoisotopic (exact) mass is 259 g/mol.